The van der Waals surface area contributed by atoms with Gasteiger partial charge < -0.3 is 14.8 Å². The van der Waals surface area contributed by atoms with Crippen molar-refractivity contribution >= 4 is 12.2 Å². The van der Waals surface area contributed by atoms with Gasteiger partial charge in [-0.05, 0) is 60.9 Å². The largest absolute Gasteiger partial charge is 0.443 e. The van der Waals surface area contributed by atoms with Crippen LogP contribution in [0, 0.1) is 11.3 Å². The molecule has 0 spiro atoms. The molecule has 0 aromatic rings. The third-order valence-electron chi connectivity index (χ3n) is 2.63. The predicted octanol–water partition coefficient (Wildman–Crippen LogP) is 3.44. The Hall–Kier alpha value is -1.81. The molecule has 0 aromatic heterocycles. The fourth-order valence-electron chi connectivity index (χ4n) is 1.68. The molecule has 0 aliphatic heterocycles. The Kier molecular flexibility index (Phi) is 9.37. The van der Waals surface area contributed by atoms with E-state index in [1.54, 1.807) is 41.5 Å². The van der Waals surface area contributed by atoms with Crippen molar-refractivity contribution in [2.45, 2.75) is 72.0 Å². The van der Waals surface area contributed by atoms with E-state index in [0.29, 0.717) is 19.4 Å². The van der Waals surface area contributed by atoms with Gasteiger partial charge in [0.25, 0.3) is 0 Å². The van der Waals surface area contributed by atoms with E-state index in [2.05, 4.69) is 11.4 Å². The number of nitrogens with zero attached hydrogens (tertiary/aromatic N) is 2. The highest BCUT2D eigenvalue weighted by atomic mass is 16.6. The number of carbonyl (C=O) groups excluding carboxylic acids is 2. The van der Waals surface area contributed by atoms with Crippen molar-refractivity contribution in [3.8, 4) is 6.07 Å². The Bertz CT molecular complexity index is 416. The molecule has 0 unspecified atom stereocenters. The van der Waals surface area contributed by atoms with Gasteiger partial charge in [0.1, 0.15) is 11.2 Å². The van der Waals surface area contributed by atoms with Crippen LogP contribution in [0.2, 0.25) is 0 Å². The highest BCUT2D eigenvalue weighted by Crippen LogP contribution is 2.15. The Morgan fingerprint density at radius 3 is 1.88 bits per heavy atom. The highest BCUT2D eigenvalue weighted by Gasteiger charge is 2.30. The van der Waals surface area contributed by atoms with Gasteiger partial charge in [-0.2, -0.15) is 5.26 Å². The summed E-state index contributed by atoms with van der Waals surface area (Å²) in [5, 5.41) is 11.6. The fraction of sp³-hybridized carbons (Fsp3) is 0.824. The summed E-state index contributed by atoms with van der Waals surface area (Å²) in [7, 11) is 0. The van der Waals surface area contributed by atoms with Gasteiger partial charge in [-0.1, -0.05) is 0 Å². The van der Waals surface area contributed by atoms with Crippen LogP contribution in [0.3, 0.4) is 0 Å². The van der Waals surface area contributed by atoms with Crippen LogP contribution in [0.15, 0.2) is 0 Å². The second kappa shape index (κ2) is 10.1. The van der Waals surface area contributed by atoms with Crippen LogP contribution in [0.25, 0.3) is 0 Å². The lowest BCUT2D eigenvalue weighted by Crippen LogP contribution is -2.44. The first-order valence-corrected chi connectivity index (χ1v) is 8.27. The van der Waals surface area contributed by atoms with Gasteiger partial charge in [-0.15, -0.1) is 0 Å². The van der Waals surface area contributed by atoms with Gasteiger partial charge in [0.05, 0.1) is 6.07 Å². The molecule has 0 saturated heterocycles. The number of nitrogens with one attached hydrogen (secondary N) is 1. The number of carbonyl (C=O) groups is 2. The molecule has 0 aromatic carbocycles. The monoisotopic (exact) mass is 341 g/mol. The molecule has 0 rings (SSSR count). The number of rotatable bonds is 7. The molecule has 1 N–H and O–H groups in total. The maximum absolute atomic E-state index is 12.2. The van der Waals surface area contributed by atoms with Gasteiger partial charge >= 0.3 is 12.2 Å². The number of nitriles is 1. The van der Waals surface area contributed by atoms with Crippen molar-refractivity contribution in [1.82, 2.24) is 10.2 Å². The first-order chi connectivity index (χ1) is 11.0. The van der Waals surface area contributed by atoms with Gasteiger partial charge in [-0.3, -0.25) is 0 Å². The van der Waals surface area contributed by atoms with Crippen LogP contribution < -0.4 is 5.32 Å². The Morgan fingerprint density at radius 1 is 0.958 bits per heavy atom. The first-order valence-electron chi connectivity index (χ1n) is 8.27. The van der Waals surface area contributed by atoms with Crippen molar-refractivity contribution in [1.29, 1.82) is 5.26 Å². The summed E-state index contributed by atoms with van der Waals surface area (Å²) in [6, 6.07) is 2.06. The number of hydrogen-bond acceptors (Lipinski definition) is 6. The number of unbranched alkanes of at least 4 members (excludes halogenated alkanes) is 1. The molecule has 0 radical (unpaired) electrons. The third kappa shape index (κ3) is 11.7. The van der Waals surface area contributed by atoms with E-state index in [9.17, 15) is 9.59 Å². The van der Waals surface area contributed by atoms with Crippen molar-refractivity contribution in [2.24, 2.45) is 0 Å². The summed E-state index contributed by atoms with van der Waals surface area (Å²) in [5.74, 6) is 0. The van der Waals surface area contributed by atoms with Gasteiger partial charge in [-0.25, -0.2) is 14.5 Å². The highest BCUT2D eigenvalue weighted by molar-refractivity contribution is 5.88. The molecule has 0 atom stereocenters. The molecule has 0 bridgehead atoms. The fourth-order valence-corrected chi connectivity index (χ4v) is 1.68. The SMILES string of the molecule is CC(C)(C)OC(=O)N(CCCCNCCC#N)C(=O)OC(C)(C)C. The van der Waals surface area contributed by atoms with E-state index < -0.39 is 23.4 Å². The maximum atomic E-state index is 12.2. The zero-order valence-corrected chi connectivity index (χ0v) is 15.8. The minimum atomic E-state index is -0.700. The third-order valence-corrected chi connectivity index (χ3v) is 2.63. The maximum Gasteiger partial charge on any atom is 0.419 e. The molecule has 2 amide bonds. The van der Waals surface area contributed by atoms with E-state index in [1.165, 1.54) is 0 Å². The molecular formula is C17H31N3O4. The predicted molar refractivity (Wildman–Crippen MR) is 91.5 cm³/mol. The molecular weight excluding hydrogens is 310 g/mol. The van der Waals surface area contributed by atoms with E-state index in [4.69, 9.17) is 14.7 Å². The van der Waals surface area contributed by atoms with Crippen LogP contribution in [0.4, 0.5) is 9.59 Å². The molecule has 7 nitrogen and oxygen atoms in total. The number of imide groups is 1. The lowest BCUT2D eigenvalue weighted by molar-refractivity contribution is 0.00121. The molecule has 24 heavy (non-hydrogen) atoms. The van der Waals surface area contributed by atoms with Crippen LogP contribution in [0.5, 0.6) is 0 Å². The molecule has 0 heterocycles. The van der Waals surface area contributed by atoms with Crippen molar-refractivity contribution < 1.29 is 19.1 Å². The minimum absolute atomic E-state index is 0.226. The second-order valence-electron chi connectivity index (χ2n) is 7.48. The minimum Gasteiger partial charge on any atom is -0.443 e. The van der Waals surface area contributed by atoms with Gasteiger partial charge in [0, 0.05) is 19.5 Å². The summed E-state index contributed by atoms with van der Waals surface area (Å²) in [6.45, 7) is 12.1. The van der Waals surface area contributed by atoms with Crippen LogP contribution in [-0.2, 0) is 9.47 Å². The average Bonchev–Trinajstić information content (AvgIpc) is 2.37. The summed E-state index contributed by atoms with van der Waals surface area (Å²) in [4.78, 5) is 25.5. The normalized spacial score (nSPS) is 11.5. The molecule has 0 aliphatic rings. The lowest BCUT2D eigenvalue weighted by atomic mass is 10.2. The smallest absolute Gasteiger partial charge is 0.419 e. The zero-order valence-electron chi connectivity index (χ0n) is 15.8. The van der Waals surface area contributed by atoms with Crippen molar-refractivity contribution in [3.05, 3.63) is 0 Å². The van der Waals surface area contributed by atoms with E-state index in [0.717, 1.165) is 17.9 Å². The molecule has 138 valence electrons. The summed E-state index contributed by atoms with van der Waals surface area (Å²) in [5.41, 5.74) is -1.37. The quantitative estimate of drug-likeness (QED) is 0.713. The Balaban J connectivity index is 4.56. The summed E-state index contributed by atoms with van der Waals surface area (Å²) < 4.78 is 10.6. The summed E-state index contributed by atoms with van der Waals surface area (Å²) in [6.07, 6.45) is 0.455. The van der Waals surface area contributed by atoms with Gasteiger partial charge in [0.15, 0.2) is 0 Å². The van der Waals surface area contributed by atoms with Gasteiger partial charge in [0.2, 0.25) is 0 Å². The van der Waals surface area contributed by atoms with Crippen LogP contribution in [0.1, 0.15) is 60.8 Å². The van der Waals surface area contributed by atoms with Crippen molar-refractivity contribution in [2.75, 3.05) is 19.6 Å². The van der Waals surface area contributed by atoms with Crippen LogP contribution >= 0.6 is 0 Å². The number of ether oxygens (including phenoxy) is 2. The molecule has 7 heteroatoms. The van der Waals surface area contributed by atoms with E-state index >= 15 is 0 Å². The topological polar surface area (TPSA) is 91.7 Å². The molecule has 0 aliphatic carbocycles. The Labute approximate surface area is 145 Å². The first kappa shape index (κ1) is 22.2. The van der Waals surface area contributed by atoms with E-state index in [-0.39, 0.29) is 6.54 Å². The van der Waals surface area contributed by atoms with Crippen molar-refractivity contribution in [3.63, 3.8) is 0 Å². The zero-order chi connectivity index (χ0) is 18.8. The standard InChI is InChI=1S/C17H31N3O4/c1-16(2,3)23-14(21)20(15(22)24-17(4,5)6)13-8-7-11-19-12-9-10-18/h19H,7-9,11-13H2,1-6H3. The average molecular weight is 341 g/mol. The van der Waals surface area contributed by atoms with E-state index in [1.807, 2.05) is 0 Å². The number of amides is 2. The second-order valence-corrected chi connectivity index (χ2v) is 7.48. The lowest BCUT2D eigenvalue weighted by Gasteiger charge is -2.28. The summed E-state index contributed by atoms with van der Waals surface area (Å²) >= 11 is 0. The Morgan fingerprint density at radius 2 is 1.46 bits per heavy atom. The number of hydrogen-bond donors (Lipinski definition) is 1. The molecule has 0 saturated carbocycles. The van der Waals surface area contributed by atoms with Crippen LogP contribution in [-0.4, -0.2) is 47.9 Å². The molecule has 0 fully saturated rings.